The number of halogens is 2. The number of benzene rings is 1. The van der Waals surface area contributed by atoms with Crippen LogP contribution in [0, 0.1) is 0 Å². The summed E-state index contributed by atoms with van der Waals surface area (Å²) < 4.78 is 1.04. The van der Waals surface area contributed by atoms with E-state index in [9.17, 15) is 0 Å². The van der Waals surface area contributed by atoms with Crippen LogP contribution in [0.3, 0.4) is 0 Å². The first-order chi connectivity index (χ1) is 5.74. The Morgan fingerprint density at radius 3 is 2.83 bits per heavy atom. The number of rotatable bonds is 3. The maximum absolute atomic E-state index is 6.02. The maximum atomic E-state index is 6.02. The largest absolute Gasteiger partial charge is 0.157 e. The molecule has 0 unspecified atom stereocenters. The highest BCUT2D eigenvalue weighted by atomic mass is 79.9. The molecular weight excluding hydrogens is 256 g/mol. The third-order valence-corrected chi connectivity index (χ3v) is 3.25. The van der Waals surface area contributed by atoms with E-state index in [4.69, 9.17) is 11.6 Å². The highest BCUT2D eigenvalue weighted by Crippen LogP contribution is 2.24. The van der Waals surface area contributed by atoms with Gasteiger partial charge in [-0.05, 0) is 23.4 Å². The molecular formula is C9H10BrClS. The molecule has 0 saturated heterocycles. The van der Waals surface area contributed by atoms with Crippen LogP contribution in [0.4, 0.5) is 0 Å². The van der Waals surface area contributed by atoms with Crippen molar-refractivity contribution < 1.29 is 0 Å². The Kier molecular flexibility index (Phi) is 4.47. The summed E-state index contributed by atoms with van der Waals surface area (Å²) >= 11 is 11.3. The normalized spacial score (nSPS) is 10.2. The third kappa shape index (κ3) is 3.00. The fraction of sp³-hybridized carbons (Fsp3) is 0.333. The van der Waals surface area contributed by atoms with Gasteiger partial charge in [0.15, 0.2) is 0 Å². The van der Waals surface area contributed by atoms with Gasteiger partial charge in [0.2, 0.25) is 0 Å². The van der Waals surface area contributed by atoms with Crippen molar-refractivity contribution in [2.45, 2.75) is 12.7 Å². The van der Waals surface area contributed by atoms with Crippen molar-refractivity contribution in [3.8, 4) is 0 Å². The van der Waals surface area contributed by atoms with Crippen molar-refractivity contribution in [3.05, 3.63) is 33.3 Å². The second-order valence-electron chi connectivity index (χ2n) is 2.37. The van der Waals surface area contributed by atoms with Crippen molar-refractivity contribution in [2.24, 2.45) is 0 Å². The summed E-state index contributed by atoms with van der Waals surface area (Å²) in [6.45, 7) is 2.15. The van der Waals surface area contributed by atoms with E-state index in [1.165, 1.54) is 5.56 Å². The lowest BCUT2D eigenvalue weighted by Gasteiger charge is -2.02. The highest BCUT2D eigenvalue weighted by Gasteiger charge is 1.99. The fourth-order valence-corrected chi connectivity index (χ4v) is 2.35. The van der Waals surface area contributed by atoms with Crippen LogP contribution in [-0.2, 0) is 5.75 Å². The molecule has 3 heteroatoms. The minimum Gasteiger partial charge on any atom is -0.157 e. The number of thioether (sulfide) groups is 1. The molecule has 0 nitrogen and oxygen atoms in total. The van der Waals surface area contributed by atoms with E-state index in [-0.39, 0.29) is 0 Å². The second kappa shape index (κ2) is 5.15. The van der Waals surface area contributed by atoms with Crippen LogP contribution in [0.5, 0.6) is 0 Å². The molecule has 0 aliphatic heterocycles. The summed E-state index contributed by atoms with van der Waals surface area (Å²) in [6, 6.07) is 6.03. The van der Waals surface area contributed by atoms with Crippen molar-refractivity contribution >= 4 is 39.3 Å². The van der Waals surface area contributed by atoms with Crippen molar-refractivity contribution in [1.82, 2.24) is 0 Å². The van der Waals surface area contributed by atoms with Gasteiger partial charge in [0.25, 0.3) is 0 Å². The molecule has 0 atom stereocenters. The van der Waals surface area contributed by atoms with Gasteiger partial charge in [-0.15, -0.1) is 0 Å². The summed E-state index contributed by atoms with van der Waals surface area (Å²) in [5.41, 5.74) is 1.21. The second-order valence-corrected chi connectivity index (χ2v) is 4.97. The minimum atomic E-state index is 0.852. The Balaban J connectivity index is 2.72. The van der Waals surface area contributed by atoms with Crippen molar-refractivity contribution in [3.63, 3.8) is 0 Å². The van der Waals surface area contributed by atoms with E-state index in [1.54, 1.807) is 0 Å². The molecule has 0 amide bonds. The van der Waals surface area contributed by atoms with E-state index in [2.05, 4.69) is 28.9 Å². The molecule has 0 spiro atoms. The Morgan fingerprint density at radius 2 is 2.25 bits per heavy atom. The smallest absolute Gasteiger partial charge is 0.0457 e. The van der Waals surface area contributed by atoms with Crippen LogP contribution in [0.2, 0.25) is 5.02 Å². The monoisotopic (exact) mass is 264 g/mol. The molecule has 0 aliphatic carbocycles. The SMILES string of the molecule is CCSCc1ccc(Br)cc1Cl. The molecule has 0 heterocycles. The summed E-state index contributed by atoms with van der Waals surface area (Å²) in [4.78, 5) is 0. The molecule has 1 aromatic carbocycles. The predicted molar refractivity (Wildman–Crippen MR) is 61.0 cm³/mol. The number of hydrogen-bond acceptors (Lipinski definition) is 1. The van der Waals surface area contributed by atoms with Gasteiger partial charge in [-0.3, -0.25) is 0 Å². The predicted octanol–water partition coefficient (Wildman–Crippen LogP) is 4.36. The maximum Gasteiger partial charge on any atom is 0.0457 e. The fourth-order valence-electron chi connectivity index (χ4n) is 0.851. The van der Waals surface area contributed by atoms with Gasteiger partial charge >= 0.3 is 0 Å². The van der Waals surface area contributed by atoms with Crippen molar-refractivity contribution in [1.29, 1.82) is 0 Å². The minimum absolute atomic E-state index is 0.852. The lowest BCUT2D eigenvalue weighted by molar-refractivity contribution is 1.39. The van der Waals surface area contributed by atoms with Crippen LogP contribution >= 0.6 is 39.3 Å². The zero-order chi connectivity index (χ0) is 8.97. The van der Waals surface area contributed by atoms with E-state index < -0.39 is 0 Å². The Labute approximate surface area is 90.8 Å². The van der Waals surface area contributed by atoms with Crippen LogP contribution in [0.15, 0.2) is 22.7 Å². The average molecular weight is 266 g/mol. The van der Waals surface area contributed by atoms with Gasteiger partial charge in [-0.25, -0.2) is 0 Å². The van der Waals surface area contributed by atoms with Gasteiger partial charge < -0.3 is 0 Å². The van der Waals surface area contributed by atoms with E-state index in [0.29, 0.717) is 0 Å². The molecule has 0 aliphatic rings. The third-order valence-electron chi connectivity index (χ3n) is 1.48. The number of hydrogen-bond donors (Lipinski definition) is 0. The van der Waals surface area contributed by atoms with Crippen LogP contribution in [0.25, 0.3) is 0 Å². The highest BCUT2D eigenvalue weighted by molar-refractivity contribution is 9.10. The van der Waals surface area contributed by atoms with Crippen LogP contribution in [0.1, 0.15) is 12.5 Å². The molecule has 0 bridgehead atoms. The Morgan fingerprint density at radius 1 is 1.50 bits per heavy atom. The molecule has 0 saturated carbocycles. The van der Waals surface area contributed by atoms with E-state index >= 15 is 0 Å². The quantitative estimate of drug-likeness (QED) is 0.783. The molecule has 1 rings (SSSR count). The lowest BCUT2D eigenvalue weighted by atomic mass is 10.2. The first-order valence-electron chi connectivity index (χ1n) is 3.75. The molecule has 0 aromatic heterocycles. The average Bonchev–Trinajstić information content (AvgIpc) is 2.03. The summed E-state index contributed by atoms with van der Waals surface area (Å²) in [5, 5.41) is 0.852. The molecule has 12 heavy (non-hydrogen) atoms. The molecule has 0 radical (unpaired) electrons. The lowest BCUT2D eigenvalue weighted by Crippen LogP contribution is -1.82. The van der Waals surface area contributed by atoms with Gasteiger partial charge in [-0.1, -0.05) is 40.5 Å². The standard InChI is InChI=1S/C9H10BrClS/c1-2-12-6-7-3-4-8(10)5-9(7)11/h3-5H,2,6H2,1H3. The summed E-state index contributed by atoms with van der Waals surface area (Å²) in [7, 11) is 0. The van der Waals surface area contributed by atoms with Crippen LogP contribution in [-0.4, -0.2) is 5.75 Å². The molecule has 1 aromatic rings. The van der Waals surface area contributed by atoms with Crippen LogP contribution < -0.4 is 0 Å². The Hall–Kier alpha value is 0.340. The topological polar surface area (TPSA) is 0 Å². The molecule has 66 valence electrons. The van der Waals surface area contributed by atoms with Crippen molar-refractivity contribution in [2.75, 3.05) is 5.75 Å². The molecule has 0 fully saturated rings. The Bertz CT molecular complexity index is 263. The molecule has 0 N–H and O–H groups in total. The van der Waals surface area contributed by atoms with Gasteiger partial charge in [0, 0.05) is 15.2 Å². The van der Waals surface area contributed by atoms with E-state index in [0.717, 1.165) is 21.0 Å². The zero-order valence-corrected chi connectivity index (χ0v) is 9.97. The van der Waals surface area contributed by atoms with Gasteiger partial charge in [0.1, 0.15) is 0 Å². The van der Waals surface area contributed by atoms with Gasteiger partial charge in [0.05, 0.1) is 0 Å². The first-order valence-corrected chi connectivity index (χ1v) is 6.08. The zero-order valence-electron chi connectivity index (χ0n) is 6.81. The summed E-state index contributed by atoms with van der Waals surface area (Å²) in [6.07, 6.45) is 0. The van der Waals surface area contributed by atoms with Gasteiger partial charge in [-0.2, -0.15) is 11.8 Å². The first kappa shape index (κ1) is 10.4. The van der Waals surface area contributed by atoms with E-state index in [1.807, 2.05) is 23.9 Å². The summed E-state index contributed by atoms with van der Waals surface area (Å²) in [5.74, 6) is 2.13.